The average Bonchev–Trinajstić information content (AvgIpc) is 3.34. The number of fused-ring (bicyclic) bond motifs is 1. The van der Waals surface area contributed by atoms with Crippen molar-refractivity contribution in [3.8, 4) is 0 Å². The number of nitrogen functional groups attached to an aromatic ring is 1. The van der Waals surface area contributed by atoms with Gasteiger partial charge in [-0.1, -0.05) is 44.0 Å². The van der Waals surface area contributed by atoms with E-state index in [1.165, 1.54) is 12.1 Å². The van der Waals surface area contributed by atoms with Crippen molar-refractivity contribution in [3.05, 3.63) is 60.2 Å². The zero-order valence-corrected chi connectivity index (χ0v) is 21.0. The third-order valence-electron chi connectivity index (χ3n) is 5.89. The smallest absolute Gasteiger partial charge is 0.407 e. The maximum absolute atomic E-state index is 13.9. The maximum Gasteiger partial charge on any atom is 0.407 e. The molecule has 2 aromatic rings. The van der Waals surface area contributed by atoms with Gasteiger partial charge in [0.2, 0.25) is 10.0 Å². The van der Waals surface area contributed by atoms with Gasteiger partial charge >= 0.3 is 6.09 Å². The van der Waals surface area contributed by atoms with E-state index in [2.05, 4.69) is 5.32 Å². The quantitative estimate of drug-likeness (QED) is 0.357. The number of carbonyl (C=O) groups is 1. The molecule has 2 heterocycles. The van der Waals surface area contributed by atoms with Crippen LogP contribution in [0.5, 0.6) is 0 Å². The van der Waals surface area contributed by atoms with Crippen molar-refractivity contribution in [2.75, 3.05) is 32.0 Å². The number of sulfonamides is 1. The molecule has 2 aromatic carbocycles. The molecule has 0 aromatic heterocycles. The molecule has 38 heavy (non-hydrogen) atoms. The van der Waals surface area contributed by atoms with Crippen LogP contribution in [0.2, 0.25) is 0 Å². The maximum atomic E-state index is 13.9. The van der Waals surface area contributed by atoms with E-state index in [1.807, 2.05) is 0 Å². The predicted octanol–water partition coefficient (Wildman–Crippen LogP) is 2.38. The lowest BCUT2D eigenvalue weighted by atomic mass is 10.0. The summed E-state index contributed by atoms with van der Waals surface area (Å²) in [4.78, 5) is 12.8. The van der Waals surface area contributed by atoms with Gasteiger partial charge in [-0.15, -0.1) is 0 Å². The van der Waals surface area contributed by atoms with Crippen LogP contribution in [0.4, 0.5) is 10.5 Å². The molecule has 11 heteroatoms. The fourth-order valence-electron chi connectivity index (χ4n) is 3.98. The fraction of sp³-hybridized carbons (Fsp3) is 0.519. The number of nitrogens with two attached hydrogens (primary N) is 1. The van der Waals surface area contributed by atoms with E-state index in [4.69, 9.17) is 36.4 Å². The Hall–Kier alpha value is -2.70. The van der Waals surface area contributed by atoms with Crippen LogP contribution in [-0.4, -0.2) is 74.7 Å². The van der Waals surface area contributed by atoms with Gasteiger partial charge in [-0.05, 0) is 48.5 Å². The Morgan fingerprint density at radius 2 is 2.00 bits per heavy atom. The van der Waals surface area contributed by atoms with Crippen LogP contribution in [0.3, 0.4) is 0 Å². The number of hydrogen-bond donors (Lipinski definition) is 3. The van der Waals surface area contributed by atoms with Crippen molar-refractivity contribution in [3.63, 3.8) is 0 Å². The first-order chi connectivity index (χ1) is 22.7. The Morgan fingerprint density at radius 1 is 1.26 bits per heavy atom. The molecular weight excluding hydrogens is 510 g/mol. The monoisotopic (exact) mass is 559 g/mol. The highest BCUT2D eigenvalue weighted by Crippen LogP contribution is 2.33. The van der Waals surface area contributed by atoms with Crippen molar-refractivity contribution in [2.24, 2.45) is 11.8 Å². The number of hydrogen-bond acceptors (Lipinski definition) is 8. The lowest BCUT2D eigenvalue weighted by Gasteiger charge is -2.31. The van der Waals surface area contributed by atoms with Gasteiger partial charge in [0.1, 0.15) is 6.10 Å². The Bertz CT molecular complexity index is 1620. The molecule has 0 spiro atoms. The van der Waals surface area contributed by atoms with E-state index in [1.54, 1.807) is 30.3 Å². The van der Waals surface area contributed by atoms with Crippen LogP contribution in [0.1, 0.15) is 42.1 Å². The Kier molecular flexibility index (Phi) is 5.37. The molecule has 0 aliphatic carbocycles. The molecule has 4 N–H and O–H groups in total. The van der Waals surface area contributed by atoms with Crippen LogP contribution < -0.4 is 11.1 Å². The van der Waals surface area contributed by atoms with Crippen molar-refractivity contribution in [1.82, 2.24) is 9.62 Å². The van der Waals surface area contributed by atoms with Gasteiger partial charge in [0.25, 0.3) is 0 Å². The lowest BCUT2D eigenvalue weighted by molar-refractivity contribution is -0.0907. The number of amides is 1. The topological polar surface area (TPSA) is 140 Å². The molecule has 2 aliphatic heterocycles. The zero-order valence-electron chi connectivity index (χ0n) is 32.2. The Morgan fingerprint density at radius 3 is 2.71 bits per heavy atom. The third kappa shape index (κ3) is 7.03. The molecule has 2 aliphatic rings. The van der Waals surface area contributed by atoms with Gasteiger partial charge in [-0.3, -0.25) is 0 Å². The van der Waals surface area contributed by atoms with Crippen LogP contribution in [0.25, 0.3) is 0 Å². The molecule has 0 radical (unpaired) electrons. The SMILES string of the molecule is [2H]C1([2H])CO[C@]2([2H])OC([2H])([2H])[C@H](OC(=O)N[C@@H](Cc3ccccc3)[C@H](O)CN(CC([2H])(C([2H])([2H])[2H])C([2H])([2H])[2H])S(=O)(=O)c3ccc(N)cc3)[C@H]12. The summed E-state index contributed by atoms with van der Waals surface area (Å²) < 4.78 is 140. The Labute approximate surface area is 241 Å². The standard InChI is InChI=1S/C27H37N3O7S/c1-18(2)15-30(38(33,34)21-10-8-20(28)9-11-21)16-24(31)23(14-19-6-4-3-5-7-19)29-27(32)37-25-17-36-26-22(25)12-13-35-26/h3-11,18,22-26,31H,12-17,28H2,1-2H3,(H,29,32)/t22-,23-,24+,25-,26+/m0/s1/i1D3,2D3,12D2,17D2,18D,26D. The van der Waals surface area contributed by atoms with E-state index in [9.17, 15) is 18.3 Å². The molecule has 4 rings (SSSR count). The summed E-state index contributed by atoms with van der Waals surface area (Å²) in [5, 5.41) is 13.8. The molecule has 0 bridgehead atoms. The molecular formula is C27H37N3O7S. The van der Waals surface area contributed by atoms with Gasteiger partial charge in [0.15, 0.2) is 6.27 Å². The molecule has 2 saturated heterocycles. The van der Waals surface area contributed by atoms with Crippen molar-refractivity contribution >= 4 is 21.8 Å². The summed E-state index contributed by atoms with van der Waals surface area (Å²) in [6, 6.07) is 11.2. The van der Waals surface area contributed by atoms with E-state index in [0.29, 0.717) is 9.87 Å². The summed E-state index contributed by atoms with van der Waals surface area (Å²) in [5.74, 6) is -5.13. The summed E-state index contributed by atoms with van der Waals surface area (Å²) in [7, 11) is -4.85. The third-order valence-corrected chi connectivity index (χ3v) is 7.72. The van der Waals surface area contributed by atoms with Gasteiger partial charge in [-0.2, -0.15) is 4.31 Å². The largest absolute Gasteiger partial charge is 0.443 e. The van der Waals surface area contributed by atoms with Crippen LogP contribution in [-0.2, 0) is 30.7 Å². The van der Waals surface area contributed by atoms with Gasteiger partial charge in [-0.25, -0.2) is 13.2 Å². The predicted molar refractivity (Wildman–Crippen MR) is 142 cm³/mol. The molecule has 0 unspecified atom stereocenters. The number of benzene rings is 2. The second-order valence-corrected chi connectivity index (χ2v) is 10.6. The first kappa shape index (κ1) is 16.4. The van der Waals surface area contributed by atoms with E-state index >= 15 is 0 Å². The van der Waals surface area contributed by atoms with Crippen LogP contribution in [0, 0.1) is 11.8 Å². The summed E-state index contributed by atoms with van der Waals surface area (Å²) in [6.07, 6.45) is -10.5. The fourth-order valence-corrected chi connectivity index (χ4v) is 5.40. The van der Waals surface area contributed by atoms with E-state index in [-0.39, 0.29) is 12.1 Å². The number of carbonyl (C=O) groups excluding carboxylic acids is 1. The summed E-state index contributed by atoms with van der Waals surface area (Å²) in [6.45, 7) is -13.1. The molecule has 1 amide bonds. The zero-order chi connectivity index (χ0) is 37.7. The van der Waals surface area contributed by atoms with Gasteiger partial charge < -0.3 is 30.4 Å². The number of rotatable bonds is 11. The van der Waals surface area contributed by atoms with Crippen molar-refractivity contribution in [2.45, 2.75) is 55.9 Å². The summed E-state index contributed by atoms with van der Waals surface area (Å²) in [5.41, 5.74) is 6.33. The molecule has 0 saturated carbocycles. The second kappa shape index (κ2) is 12.4. The van der Waals surface area contributed by atoms with E-state index < -0.39 is 104 Å². The molecule has 5 atom stereocenters. The molecule has 10 nitrogen and oxygen atoms in total. The minimum Gasteiger partial charge on any atom is -0.443 e. The number of ether oxygens (including phenoxy) is 3. The molecule has 2 fully saturated rings. The summed E-state index contributed by atoms with van der Waals surface area (Å²) >= 11 is 0. The number of alkyl carbamates (subject to hydrolysis) is 1. The first-order valence-corrected chi connectivity index (χ1v) is 13.1. The number of anilines is 1. The van der Waals surface area contributed by atoms with Gasteiger partial charge in [0.05, 0.1) is 40.2 Å². The van der Waals surface area contributed by atoms with Crippen LogP contribution in [0.15, 0.2) is 59.5 Å². The van der Waals surface area contributed by atoms with Crippen molar-refractivity contribution < 1.29 is 49.0 Å². The Balaban J connectivity index is 1.69. The lowest BCUT2D eigenvalue weighted by Crippen LogP contribution is -2.51. The van der Waals surface area contributed by atoms with E-state index in [0.717, 1.165) is 12.1 Å². The van der Waals surface area contributed by atoms with Crippen molar-refractivity contribution in [1.29, 1.82) is 0 Å². The highest BCUT2D eigenvalue weighted by molar-refractivity contribution is 7.89. The highest BCUT2D eigenvalue weighted by Gasteiger charge is 2.44. The van der Waals surface area contributed by atoms with Gasteiger partial charge in [0, 0.05) is 31.1 Å². The second-order valence-electron chi connectivity index (χ2n) is 8.69. The average molecular weight is 560 g/mol. The minimum absolute atomic E-state index is 0.165. The normalized spacial score (nSPS) is 33.0. The van der Waals surface area contributed by atoms with Crippen LogP contribution >= 0.6 is 0 Å². The number of aliphatic hydroxyl groups is 1. The number of aliphatic hydroxyl groups excluding tert-OH is 1. The number of nitrogens with one attached hydrogen (secondary N) is 1. The molecule has 208 valence electrons. The number of nitrogens with zero attached hydrogens (tertiary/aromatic N) is 1. The first-order valence-electron chi connectivity index (χ1n) is 17.6. The minimum atomic E-state index is -4.85. The highest BCUT2D eigenvalue weighted by atomic mass is 32.2.